The summed E-state index contributed by atoms with van der Waals surface area (Å²) in [5, 5.41) is 14.4. The lowest BCUT2D eigenvalue weighted by Gasteiger charge is -2.34. The van der Waals surface area contributed by atoms with Crippen LogP contribution >= 0.6 is 0 Å². The Morgan fingerprint density at radius 3 is 1.63 bits per heavy atom. The summed E-state index contributed by atoms with van der Waals surface area (Å²) in [5.41, 5.74) is 0.966. The molecule has 0 aliphatic carbocycles. The monoisotopic (exact) mass is 464 g/mol. The van der Waals surface area contributed by atoms with Crippen molar-refractivity contribution in [2.75, 3.05) is 0 Å². The molecule has 0 radical (unpaired) electrons. The van der Waals surface area contributed by atoms with Crippen LogP contribution in [0.4, 0.5) is 5.82 Å². The van der Waals surface area contributed by atoms with E-state index in [9.17, 15) is 5.26 Å². The van der Waals surface area contributed by atoms with Crippen molar-refractivity contribution < 1.29 is 0 Å². The maximum absolute atomic E-state index is 9.42. The normalized spacial score (nSPS) is 10.8. The highest BCUT2D eigenvalue weighted by Crippen LogP contribution is 2.20. The van der Waals surface area contributed by atoms with Crippen molar-refractivity contribution in [2.24, 2.45) is 0 Å². The van der Waals surface area contributed by atoms with Gasteiger partial charge in [-0.25, -0.2) is 0 Å². The van der Waals surface area contributed by atoms with Gasteiger partial charge < -0.3 is 4.85 Å². The van der Waals surface area contributed by atoms with E-state index in [4.69, 9.17) is 6.57 Å². The van der Waals surface area contributed by atoms with E-state index in [1.807, 2.05) is 36.4 Å². The van der Waals surface area contributed by atoms with Gasteiger partial charge in [-0.1, -0.05) is 115 Å². The Balaban J connectivity index is 1.84. The van der Waals surface area contributed by atoms with E-state index in [1.54, 1.807) is 0 Å². The van der Waals surface area contributed by atoms with Gasteiger partial charge in [-0.15, -0.1) is 0 Å². The molecule has 0 bridgehead atoms. The molecule has 164 valence electrons. The SMILES string of the molecule is [C-]#[N+]c1cc(C#N)nc(-c2cccc([Si](c3ccccc3)(c3ccccc3)c3ccccc3)c2)n1. The van der Waals surface area contributed by atoms with Crippen LogP contribution < -0.4 is 20.7 Å². The van der Waals surface area contributed by atoms with Crippen molar-refractivity contribution in [3.05, 3.63) is 138 Å². The summed E-state index contributed by atoms with van der Waals surface area (Å²) in [6, 6.07) is 43.7. The molecular weight excluding hydrogens is 444 g/mol. The fraction of sp³-hybridized carbons (Fsp3) is 0. The van der Waals surface area contributed by atoms with Gasteiger partial charge in [0.25, 0.3) is 11.6 Å². The lowest BCUT2D eigenvalue weighted by atomic mass is 10.2. The Kier molecular flexibility index (Phi) is 6.01. The highest BCUT2D eigenvalue weighted by molar-refractivity contribution is 7.19. The molecule has 0 fully saturated rings. The Bertz CT molecular complexity index is 1420. The summed E-state index contributed by atoms with van der Waals surface area (Å²) in [7, 11) is -2.69. The molecule has 1 heterocycles. The lowest BCUT2D eigenvalue weighted by molar-refractivity contribution is 1.16. The molecule has 0 atom stereocenters. The molecule has 0 saturated heterocycles. The van der Waals surface area contributed by atoms with E-state index in [0.717, 1.165) is 5.56 Å². The molecule has 4 nitrogen and oxygen atoms in total. The summed E-state index contributed by atoms with van der Waals surface area (Å²) < 4.78 is 0. The van der Waals surface area contributed by atoms with Crippen LogP contribution in [0.3, 0.4) is 0 Å². The number of rotatable bonds is 5. The van der Waals surface area contributed by atoms with Crippen LogP contribution in [0.25, 0.3) is 16.2 Å². The largest absolute Gasteiger partial charge is 0.360 e. The van der Waals surface area contributed by atoms with E-state index in [-0.39, 0.29) is 11.5 Å². The Morgan fingerprint density at radius 2 is 1.14 bits per heavy atom. The number of aromatic nitrogens is 2. The fourth-order valence-corrected chi connectivity index (χ4v) is 9.43. The smallest absolute Gasteiger partial charge is 0.274 e. The number of nitriles is 1. The van der Waals surface area contributed by atoms with Gasteiger partial charge in [0, 0.05) is 11.6 Å². The minimum atomic E-state index is -2.69. The van der Waals surface area contributed by atoms with Gasteiger partial charge in [0.1, 0.15) is 11.8 Å². The lowest BCUT2D eigenvalue weighted by Crippen LogP contribution is -2.74. The first-order valence-electron chi connectivity index (χ1n) is 11.2. The fourth-order valence-electron chi connectivity index (χ4n) is 4.63. The average Bonchev–Trinajstić information content (AvgIpc) is 2.95. The molecule has 0 aliphatic rings. The van der Waals surface area contributed by atoms with Crippen LogP contribution in [0.1, 0.15) is 5.69 Å². The van der Waals surface area contributed by atoms with Gasteiger partial charge in [-0.05, 0) is 32.9 Å². The Labute approximate surface area is 205 Å². The second kappa shape index (κ2) is 9.57. The molecule has 0 saturated carbocycles. The summed E-state index contributed by atoms with van der Waals surface area (Å²) in [4.78, 5) is 12.3. The van der Waals surface area contributed by atoms with Crippen molar-refractivity contribution in [3.63, 3.8) is 0 Å². The highest BCUT2D eigenvalue weighted by Gasteiger charge is 2.41. The van der Waals surface area contributed by atoms with Crippen molar-refractivity contribution in [1.82, 2.24) is 9.97 Å². The molecule has 0 N–H and O–H groups in total. The zero-order valence-electron chi connectivity index (χ0n) is 18.8. The summed E-state index contributed by atoms with van der Waals surface area (Å²) in [6.45, 7) is 7.39. The van der Waals surface area contributed by atoms with Gasteiger partial charge >= 0.3 is 0 Å². The predicted octanol–water partition coefficient (Wildman–Crippen LogP) is 3.94. The number of nitrogens with zero attached hydrogens (tertiary/aromatic N) is 4. The molecule has 0 amide bonds. The predicted molar refractivity (Wildman–Crippen MR) is 142 cm³/mol. The van der Waals surface area contributed by atoms with Gasteiger partial charge in [0.15, 0.2) is 8.07 Å². The van der Waals surface area contributed by atoms with Gasteiger partial charge in [-0.2, -0.15) is 10.2 Å². The molecular formula is C30H20N4Si. The zero-order chi connectivity index (χ0) is 24.1. The summed E-state index contributed by atoms with van der Waals surface area (Å²) in [6.07, 6.45) is 0. The number of hydrogen-bond acceptors (Lipinski definition) is 3. The number of benzene rings is 4. The Hall–Kier alpha value is -4.84. The first kappa shape index (κ1) is 22.0. The first-order chi connectivity index (χ1) is 17.3. The van der Waals surface area contributed by atoms with E-state index in [0.29, 0.717) is 5.82 Å². The topological polar surface area (TPSA) is 53.9 Å². The van der Waals surface area contributed by atoms with Crippen molar-refractivity contribution in [2.45, 2.75) is 0 Å². The molecule has 0 spiro atoms. The third-order valence-electron chi connectivity index (χ3n) is 6.12. The molecule has 5 aromatic rings. The standard InChI is InChI=1S/C30H20N4Si/c1-32-29-21-24(22-31)33-30(34-29)23-12-11-19-28(20-23)35(25-13-5-2-6-14-25,26-15-7-3-8-16-26)27-17-9-4-10-18-27/h2-21H. The van der Waals surface area contributed by atoms with Crippen molar-refractivity contribution in [1.29, 1.82) is 5.26 Å². The van der Waals surface area contributed by atoms with E-state index >= 15 is 0 Å². The zero-order valence-corrected chi connectivity index (χ0v) is 19.8. The number of hydrogen-bond donors (Lipinski definition) is 0. The highest BCUT2D eigenvalue weighted by atomic mass is 28.3. The second-order valence-corrected chi connectivity index (χ2v) is 11.9. The van der Waals surface area contributed by atoms with Crippen LogP contribution in [-0.2, 0) is 0 Å². The third-order valence-corrected chi connectivity index (χ3v) is 10.9. The maximum atomic E-state index is 9.42. The van der Waals surface area contributed by atoms with Crippen LogP contribution in [0.2, 0.25) is 0 Å². The molecule has 0 aliphatic heterocycles. The molecule has 4 aromatic carbocycles. The molecule has 35 heavy (non-hydrogen) atoms. The van der Waals surface area contributed by atoms with Crippen LogP contribution in [-0.4, -0.2) is 18.0 Å². The average molecular weight is 465 g/mol. The van der Waals surface area contributed by atoms with E-state index in [2.05, 4.69) is 99.7 Å². The van der Waals surface area contributed by atoms with E-state index < -0.39 is 8.07 Å². The summed E-state index contributed by atoms with van der Waals surface area (Å²) in [5.74, 6) is 0.545. The second-order valence-electron chi connectivity index (χ2n) is 8.09. The van der Waals surface area contributed by atoms with Crippen LogP contribution in [0.15, 0.2) is 121 Å². The maximum Gasteiger partial charge on any atom is 0.274 e. The first-order valence-corrected chi connectivity index (χ1v) is 13.2. The van der Waals surface area contributed by atoms with Crippen LogP contribution in [0.5, 0.6) is 0 Å². The minimum absolute atomic E-state index is 0.162. The molecule has 1 aromatic heterocycles. The van der Waals surface area contributed by atoms with Crippen molar-refractivity contribution >= 4 is 34.6 Å². The van der Waals surface area contributed by atoms with Gasteiger partial charge in [-0.3, -0.25) is 0 Å². The minimum Gasteiger partial charge on any atom is -0.360 e. The summed E-state index contributed by atoms with van der Waals surface area (Å²) >= 11 is 0. The van der Waals surface area contributed by atoms with Gasteiger partial charge in [0.05, 0.1) is 0 Å². The van der Waals surface area contributed by atoms with Gasteiger partial charge in [0.2, 0.25) is 0 Å². The molecule has 5 heteroatoms. The quantitative estimate of drug-likeness (QED) is 0.225. The van der Waals surface area contributed by atoms with E-state index in [1.165, 1.54) is 26.8 Å². The third kappa shape index (κ3) is 4.02. The van der Waals surface area contributed by atoms with Crippen molar-refractivity contribution in [3.8, 4) is 17.5 Å². The van der Waals surface area contributed by atoms with Crippen LogP contribution in [0, 0.1) is 17.9 Å². The molecule has 0 unspecified atom stereocenters. The molecule has 5 rings (SSSR count). The Morgan fingerprint density at radius 1 is 0.629 bits per heavy atom.